The van der Waals surface area contributed by atoms with Crippen molar-refractivity contribution < 1.29 is 14.3 Å². The predicted molar refractivity (Wildman–Crippen MR) is 128 cm³/mol. The number of nitrogens with one attached hydrogen (secondary N) is 2. The Hall–Kier alpha value is -2.17. The van der Waals surface area contributed by atoms with Crippen LogP contribution in [0.4, 0.5) is 0 Å². The third-order valence-electron chi connectivity index (χ3n) is 6.59. The molecule has 3 aliphatic rings. The second kappa shape index (κ2) is 9.54. The Morgan fingerprint density at radius 3 is 2.42 bits per heavy atom. The number of imide groups is 1. The van der Waals surface area contributed by atoms with Crippen molar-refractivity contribution in [3.05, 3.63) is 35.2 Å². The minimum atomic E-state index is -0.143. The number of hydrogen-bond acceptors (Lipinski definition) is 5. The molecular formula is C22H30IN5O3. The zero-order chi connectivity index (χ0) is 21.4. The summed E-state index contributed by atoms with van der Waals surface area (Å²) >= 11 is 0. The van der Waals surface area contributed by atoms with Crippen molar-refractivity contribution in [2.45, 2.75) is 26.8 Å². The Morgan fingerprint density at radius 1 is 1.19 bits per heavy atom. The summed E-state index contributed by atoms with van der Waals surface area (Å²) in [7, 11) is 3.34. The van der Waals surface area contributed by atoms with Crippen LogP contribution in [-0.2, 0) is 16.1 Å². The van der Waals surface area contributed by atoms with Crippen LogP contribution in [0.5, 0.6) is 5.75 Å². The average Bonchev–Trinajstić information content (AvgIpc) is 3.41. The molecule has 2 aliphatic carbocycles. The van der Waals surface area contributed by atoms with Gasteiger partial charge in [0.15, 0.2) is 5.96 Å². The molecule has 4 atom stereocenters. The molecule has 9 heteroatoms. The molecule has 1 aromatic heterocycles. The second-order valence-electron chi connectivity index (χ2n) is 8.23. The van der Waals surface area contributed by atoms with E-state index in [1.165, 1.54) is 4.90 Å². The van der Waals surface area contributed by atoms with E-state index in [1.807, 2.05) is 13.8 Å². The highest BCUT2D eigenvalue weighted by Crippen LogP contribution is 2.52. The standard InChI is InChI=1S/C22H29N5O3.HI/c1-12-10-25-16(13(2)19(12)30-4)11-26-22(23-3)24-7-8-27-20(28)17-14-5-6-15(9-14)18(17)21(27)29;/h5-6,10,14-15,17-18H,7-9,11H2,1-4H3,(H2,23,24,26);1H. The maximum absolute atomic E-state index is 12.7. The van der Waals surface area contributed by atoms with Crippen molar-refractivity contribution in [2.24, 2.45) is 28.7 Å². The van der Waals surface area contributed by atoms with Crippen molar-refractivity contribution in [1.82, 2.24) is 20.5 Å². The molecule has 1 aromatic rings. The molecule has 1 saturated carbocycles. The lowest BCUT2D eigenvalue weighted by Crippen LogP contribution is -2.43. The highest BCUT2D eigenvalue weighted by atomic mass is 127. The van der Waals surface area contributed by atoms with Gasteiger partial charge in [-0.2, -0.15) is 0 Å². The van der Waals surface area contributed by atoms with Crippen LogP contribution in [0.15, 0.2) is 23.3 Å². The molecule has 4 unspecified atom stereocenters. The van der Waals surface area contributed by atoms with Crippen LogP contribution >= 0.6 is 24.0 Å². The van der Waals surface area contributed by atoms with Crippen LogP contribution in [0.25, 0.3) is 0 Å². The lowest BCUT2D eigenvalue weighted by atomic mass is 9.85. The number of hydrogen-bond donors (Lipinski definition) is 2. The number of halogens is 1. The Morgan fingerprint density at radius 2 is 1.84 bits per heavy atom. The van der Waals surface area contributed by atoms with Crippen LogP contribution in [-0.4, -0.2) is 54.9 Å². The Labute approximate surface area is 199 Å². The predicted octanol–water partition coefficient (Wildman–Crippen LogP) is 1.80. The van der Waals surface area contributed by atoms with Gasteiger partial charge in [-0.1, -0.05) is 12.2 Å². The van der Waals surface area contributed by atoms with Gasteiger partial charge in [-0.15, -0.1) is 24.0 Å². The number of methoxy groups -OCH3 is 1. The van der Waals surface area contributed by atoms with Crippen molar-refractivity contribution >= 4 is 41.8 Å². The van der Waals surface area contributed by atoms with E-state index in [0.717, 1.165) is 29.0 Å². The van der Waals surface area contributed by atoms with Crippen LogP contribution in [0, 0.1) is 37.5 Å². The molecule has 0 aromatic carbocycles. The summed E-state index contributed by atoms with van der Waals surface area (Å²) in [6.07, 6.45) is 6.97. The van der Waals surface area contributed by atoms with Gasteiger partial charge in [-0.05, 0) is 32.1 Å². The fourth-order valence-electron chi connectivity index (χ4n) is 5.11. The van der Waals surface area contributed by atoms with E-state index < -0.39 is 0 Å². The van der Waals surface area contributed by atoms with Gasteiger partial charge >= 0.3 is 0 Å². The molecule has 2 N–H and O–H groups in total. The van der Waals surface area contributed by atoms with Gasteiger partial charge in [0, 0.05) is 37.5 Å². The van der Waals surface area contributed by atoms with Crippen LogP contribution in [0.1, 0.15) is 23.2 Å². The van der Waals surface area contributed by atoms with Gasteiger partial charge in [-0.25, -0.2) is 0 Å². The summed E-state index contributed by atoms with van der Waals surface area (Å²) in [6, 6.07) is 0. The monoisotopic (exact) mass is 539 g/mol. The maximum Gasteiger partial charge on any atom is 0.233 e. The number of amides is 2. The zero-order valence-corrected chi connectivity index (χ0v) is 20.7. The number of carbonyl (C=O) groups is 2. The first-order chi connectivity index (χ1) is 14.5. The minimum absolute atomic E-state index is 0. The molecule has 1 saturated heterocycles. The molecule has 0 radical (unpaired) electrons. The van der Waals surface area contributed by atoms with Crippen LogP contribution < -0.4 is 15.4 Å². The number of fused-ring (bicyclic) bond motifs is 5. The van der Waals surface area contributed by atoms with E-state index in [1.54, 1.807) is 20.4 Å². The van der Waals surface area contributed by atoms with Crippen LogP contribution in [0.2, 0.25) is 0 Å². The number of nitrogens with zero attached hydrogens (tertiary/aromatic N) is 3. The third-order valence-corrected chi connectivity index (χ3v) is 6.59. The van der Waals surface area contributed by atoms with Gasteiger partial charge < -0.3 is 15.4 Å². The van der Waals surface area contributed by atoms with Gasteiger partial charge in [0.1, 0.15) is 5.75 Å². The highest BCUT2D eigenvalue weighted by Gasteiger charge is 2.58. The van der Waals surface area contributed by atoms with Gasteiger partial charge in [0.25, 0.3) is 0 Å². The first-order valence-corrected chi connectivity index (χ1v) is 10.4. The number of allylic oxidation sites excluding steroid dienone is 2. The van der Waals surface area contributed by atoms with Crippen molar-refractivity contribution in [3.8, 4) is 5.75 Å². The smallest absolute Gasteiger partial charge is 0.233 e. The Bertz CT molecular complexity index is 902. The highest BCUT2D eigenvalue weighted by molar-refractivity contribution is 14.0. The quantitative estimate of drug-likeness (QED) is 0.188. The van der Waals surface area contributed by atoms with Gasteiger partial charge in [0.05, 0.1) is 31.2 Å². The molecule has 1 aliphatic heterocycles. The lowest BCUT2D eigenvalue weighted by Gasteiger charge is -2.19. The Kier molecular flexibility index (Phi) is 7.23. The van der Waals surface area contributed by atoms with E-state index in [-0.39, 0.29) is 59.5 Å². The molecule has 31 heavy (non-hydrogen) atoms. The third kappa shape index (κ3) is 4.16. The second-order valence-corrected chi connectivity index (χ2v) is 8.23. The largest absolute Gasteiger partial charge is 0.496 e. The normalized spacial score (nSPS) is 26.2. The first kappa shape index (κ1) is 23.5. The molecule has 2 heterocycles. The number of aryl methyl sites for hydroxylation is 1. The maximum atomic E-state index is 12.7. The molecule has 0 spiro atoms. The summed E-state index contributed by atoms with van der Waals surface area (Å²) in [4.78, 5) is 35.6. The van der Waals surface area contributed by atoms with Gasteiger partial charge in [-0.3, -0.25) is 24.5 Å². The van der Waals surface area contributed by atoms with Crippen molar-refractivity contribution in [2.75, 3.05) is 27.2 Å². The molecule has 2 fully saturated rings. The number of ether oxygens (including phenoxy) is 1. The molecule has 168 valence electrons. The topological polar surface area (TPSA) is 95.9 Å². The summed E-state index contributed by atoms with van der Waals surface area (Å²) < 4.78 is 5.45. The fraction of sp³-hybridized carbons (Fsp3) is 0.545. The zero-order valence-electron chi connectivity index (χ0n) is 18.3. The molecule has 8 nitrogen and oxygen atoms in total. The lowest BCUT2D eigenvalue weighted by molar-refractivity contribution is -0.140. The number of guanidine groups is 1. The summed E-state index contributed by atoms with van der Waals surface area (Å²) in [5.41, 5.74) is 2.86. The average molecular weight is 539 g/mol. The number of rotatable bonds is 6. The van der Waals surface area contributed by atoms with E-state index >= 15 is 0 Å². The van der Waals surface area contributed by atoms with E-state index in [2.05, 4.69) is 32.8 Å². The fourth-order valence-corrected chi connectivity index (χ4v) is 5.11. The van der Waals surface area contributed by atoms with Crippen molar-refractivity contribution in [3.63, 3.8) is 0 Å². The van der Waals surface area contributed by atoms with Gasteiger partial charge in [0.2, 0.25) is 11.8 Å². The van der Waals surface area contributed by atoms with E-state index in [0.29, 0.717) is 25.6 Å². The SMILES string of the molecule is CN=C(NCCN1C(=O)C2C3C=CC(C3)C2C1=O)NCc1ncc(C)c(OC)c1C.I. The molecule has 2 amide bonds. The summed E-state index contributed by atoms with van der Waals surface area (Å²) in [5, 5.41) is 6.42. The van der Waals surface area contributed by atoms with E-state index in [9.17, 15) is 9.59 Å². The Balaban J connectivity index is 0.00000272. The van der Waals surface area contributed by atoms with Crippen LogP contribution in [0.3, 0.4) is 0 Å². The number of aliphatic imine (C=N–C) groups is 1. The number of aromatic nitrogens is 1. The van der Waals surface area contributed by atoms with Crippen molar-refractivity contribution in [1.29, 1.82) is 0 Å². The molecular weight excluding hydrogens is 509 g/mol. The first-order valence-electron chi connectivity index (χ1n) is 10.4. The number of carbonyl (C=O) groups excluding carboxylic acids is 2. The summed E-state index contributed by atoms with van der Waals surface area (Å²) in [5.74, 6) is 1.60. The summed E-state index contributed by atoms with van der Waals surface area (Å²) in [6.45, 7) is 5.23. The number of likely N-dealkylation sites (tertiary alicyclic amines) is 1. The minimum Gasteiger partial charge on any atom is -0.496 e. The number of pyridine rings is 1. The molecule has 4 rings (SSSR count). The molecule has 2 bridgehead atoms. The van der Waals surface area contributed by atoms with E-state index in [4.69, 9.17) is 4.74 Å².